The van der Waals surface area contributed by atoms with Gasteiger partial charge >= 0.3 is 0 Å². The fourth-order valence-corrected chi connectivity index (χ4v) is 2.47. The zero-order chi connectivity index (χ0) is 13.7. The van der Waals surface area contributed by atoms with Crippen molar-refractivity contribution in [3.05, 3.63) is 29.8 Å². The second-order valence-electron chi connectivity index (χ2n) is 5.29. The molecule has 1 aliphatic heterocycles. The largest absolute Gasteiger partial charge is 0.497 e. The molecule has 1 aliphatic rings. The van der Waals surface area contributed by atoms with Gasteiger partial charge in [-0.2, -0.15) is 0 Å². The molecule has 0 bridgehead atoms. The Kier molecular flexibility index (Phi) is 4.80. The summed E-state index contributed by atoms with van der Waals surface area (Å²) in [5.74, 6) is 1.53. The maximum Gasteiger partial charge on any atom is 0.224 e. The van der Waals surface area contributed by atoms with Crippen molar-refractivity contribution < 1.29 is 9.53 Å². The van der Waals surface area contributed by atoms with E-state index in [-0.39, 0.29) is 11.9 Å². The Hall–Kier alpha value is -1.55. The van der Waals surface area contributed by atoms with Gasteiger partial charge in [-0.3, -0.25) is 4.79 Å². The molecule has 4 nitrogen and oxygen atoms in total. The van der Waals surface area contributed by atoms with Crippen LogP contribution in [0.5, 0.6) is 5.75 Å². The highest BCUT2D eigenvalue weighted by Crippen LogP contribution is 2.12. The predicted molar refractivity (Wildman–Crippen MR) is 75.3 cm³/mol. The standard InChI is InChI=1S/C15H22N2O2/c1-11-7-13(10-16-9-11)17-15(18)8-12-3-5-14(19-2)6-4-12/h3-6,11,13,16H,7-10H2,1-2H3,(H,17,18). The number of methoxy groups -OCH3 is 1. The summed E-state index contributed by atoms with van der Waals surface area (Å²) in [5, 5.41) is 6.43. The summed E-state index contributed by atoms with van der Waals surface area (Å²) in [6, 6.07) is 7.88. The van der Waals surface area contributed by atoms with Crippen LogP contribution in [0.2, 0.25) is 0 Å². The van der Waals surface area contributed by atoms with E-state index in [1.165, 1.54) is 0 Å². The molecule has 0 spiro atoms. The monoisotopic (exact) mass is 262 g/mol. The third kappa shape index (κ3) is 4.24. The molecule has 1 aromatic rings. The molecule has 1 saturated heterocycles. The molecule has 2 atom stereocenters. The van der Waals surface area contributed by atoms with Crippen molar-refractivity contribution in [2.45, 2.75) is 25.8 Å². The zero-order valence-electron chi connectivity index (χ0n) is 11.6. The molecule has 0 radical (unpaired) electrons. The van der Waals surface area contributed by atoms with Crippen LogP contribution < -0.4 is 15.4 Å². The van der Waals surface area contributed by atoms with Crippen LogP contribution >= 0.6 is 0 Å². The first-order valence-corrected chi connectivity index (χ1v) is 6.80. The van der Waals surface area contributed by atoms with Crippen LogP contribution in [-0.2, 0) is 11.2 Å². The molecule has 0 aliphatic carbocycles. The summed E-state index contributed by atoms with van der Waals surface area (Å²) in [6.45, 7) is 4.12. The van der Waals surface area contributed by atoms with Crippen LogP contribution in [0.1, 0.15) is 18.9 Å². The van der Waals surface area contributed by atoms with Crippen molar-refractivity contribution in [1.29, 1.82) is 0 Å². The van der Waals surface area contributed by atoms with E-state index in [4.69, 9.17) is 4.74 Å². The highest BCUT2D eigenvalue weighted by atomic mass is 16.5. The number of benzene rings is 1. The first-order valence-electron chi connectivity index (χ1n) is 6.80. The van der Waals surface area contributed by atoms with Gasteiger partial charge in [0.2, 0.25) is 5.91 Å². The molecule has 1 heterocycles. The molecular weight excluding hydrogens is 240 g/mol. The Bertz CT molecular complexity index is 417. The van der Waals surface area contributed by atoms with E-state index in [1.54, 1.807) is 7.11 Å². The fraction of sp³-hybridized carbons (Fsp3) is 0.533. The van der Waals surface area contributed by atoms with Crippen LogP contribution in [0.4, 0.5) is 0 Å². The Morgan fingerprint density at radius 1 is 1.37 bits per heavy atom. The molecule has 1 fully saturated rings. The lowest BCUT2D eigenvalue weighted by molar-refractivity contribution is -0.121. The van der Waals surface area contributed by atoms with Crippen LogP contribution in [0.15, 0.2) is 24.3 Å². The van der Waals surface area contributed by atoms with Gasteiger partial charge in [-0.15, -0.1) is 0 Å². The highest BCUT2D eigenvalue weighted by molar-refractivity contribution is 5.78. The van der Waals surface area contributed by atoms with Gasteiger partial charge in [0, 0.05) is 12.6 Å². The summed E-state index contributed by atoms with van der Waals surface area (Å²) in [7, 11) is 1.64. The summed E-state index contributed by atoms with van der Waals surface area (Å²) >= 11 is 0. The van der Waals surface area contributed by atoms with Gasteiger partial charge in [0.25, 0.3) is 0 Å². The van der Waals surface area contributed by atoms with Gasteiger partial charge in [0.15, 0.2) is 0 Å². The third-order valence-electron chi connectivity index (χ3n) is 3.46. The maximum atomic E-state index is 12.0. The Morgan fingerprint density at radius 3 is 2.74 bits per heavy atom. The molecule has 0 aromatic heterocycles. The average Bonchev–Trinajstić information content (AvgIpc) is 2.39. The third-order valence-corrected chi connectivity index (χ3v) is 3.46. The van der Waals surface area contributed by atoms with Crippen molar-refractivity contribution in [2.24, 2.45) is 5.92 Å². The van der Waals surface area contributed by atoms with E-state index in [0.29, 0.717) is 12.3 Å². The normalized spacial score (nSPS) is 22.8. The summed E-state index contributed by atoms with van der Waals surface area (Å²) < 4.78 is 5.10. The lowest BCUT2D eigenvalue weighted by atomic mass is 9.97. The van der Waals surface area contributed by atoms with E-state index in [2.05, 4.69) is 17.6 Å². The summed E-state index contributed by atoms with van der Waals surface area (Å²) in [6.07, 6.45) is 1.48. The Balaban J connectivity index is 1.83. The molecular formula is C15H22N2O2. The molecule has 1 aromatic carbocycles. The average molecular weight is 262 g/mol. The van der Waals surface area contributed by atoms with Crippen LogP contribution in [0, 0.1) is 5.92 Å². The quantitative estimate of drug-likeness (QED) is 0.861. The number of rotatable bonds is 4. The number of carbonyl (C=O) groups is 1. The minimum absolute atomic E-state index is 0.0890. The van der Waals surface area contributed by atoms with Gasteiger partial charge in [-0.25, -0.2) is 0 Å². The van der Waals surface area contributed by atoms with Crippen molar-refractivity contribution in [2.75, 3.05) is 20.2 Å². The van der Waals surface area contributed by atoms with Crippen LogP contribution in [0.25, 0.3) is 0 Å². The van der Waals surface area contributed by atoms with E-state index in [1.807, 2.05) is 24.3 Å². The molecule has 1 amide bonds. The summed E-state index contributed by atoms with van der Waals surface area (Å²) in [5.41, 5.74) is 1.01. The molecule has 19 heavy (non-hydrogen) atoms. The van der Waals surface area contributed by atoms with Crippen molar-refractivity contribution >= 4 is 5.91 Å². The number of hydrogen-bond acceptors (Lipinski definition) is 3. The first-order chi connectivity index (χ1) is 9.17. The molecule has 2 N–H and O–H groups in total. The molecule has 2 unspecified atom stereocenters. The van der Waals surface area contributed by atoms with Gasteiger partial charge in [0.1, 0.15) is 5.75 Å². The van der Waals surface area contributed by atoms with E-state index < -0.39 is 0 Å². The molecule has 2 rings (SSSR count). The molecule has 104 valence electrons. The maximum absolute atomic E-state index is 12.0. The minimum Gasteiger partial charge on any atom is -0.497 e. The lowest BCUT2D eigenvalue weighted by Gasteiger charge is -2.28. The Labute approximate surface area is 114 Å². The lowest BCUT2D eigenvalue weighted by Crippen LogP contribution is -2.48. The summed E-state index contributed by atoms with van der Waals surface area (Å²) in [4.78, 5) is 12.0. The number of carbonyl (C=O) groups excluding carboxylic acids is 1. The van der Waals surface area contributed by atoms with Gasteiger partial charge in [-0.1, -0.05) is 19.1 Å². The highest BCUT2D eigenvalue weighted by Gasteiger charge is 2.19. The number of nitrogens with one attached hydrogen (secondary N) is 2. The fourth-order valence-electron chi connectivity index (χ4n) is 2.47. The van der Waals surface area contributed by atoms with Crippen LogP contribution in [-0.4, -0.2) is 32.1 Å². The van der Waals surface area contributed by atoms with Crippen molar-refractivity contribution in [3.8, 4) is 5.75 Å². The van der Waals surface area contributed by atoms with Crippen molar-refractivity contribution in [1.82, 2.24) is 10.6 Å². The van der Waals surface area contributed by atoms with Crippen molar-refractivity contribution in [3.63, 3.8) is 0 Å². The van der Waals surface area contributed by atoms with Gasteiger partial charge in [0.05, 0.1) is 13.5 Å². The second kappa shape index (κ2) is 6.57. The number of ether oxygens (including phenoxy) is 1. The van der Waals surface area contributed by atoms with Gasteiger partial charge < -0.3 is 15.4 Å². The van der Waals surface area contributed by atoms with Gasteiger partial charge in [-0.05, 0) is 36.6 Å². The SMILES string of the molecule is COc1ccc(CC(=O)NC2CNCC(C)C2)cc1. The van der Waals surface area contributed by atoms with E-state index in [9.17, 15) is 4.79 Å². The minimum atomic E-state index is 0.0890. The van der Waals surface area contributed by atoms with Crippen LogP contribution in [0.3, 0.4) is 0 Å². The number of hydrogen-bond donors (Lipinski definition) is 2. The predicted octanol–water partition coefficient (Wildman–Crippen LogP) is 1.35. The first kappa shape index (κ1) is 13.9. The Morgan fingerprint density at radius 2 is 2.11 bits per heavy atom. The number of piperidine rings is 1. The van der Waals surface area contributed by atoms with E-state index in [0.717, 1.165) is 30.8 Å². The second-order valence-corrected chi connectivity index (χ2v) is 5.29. The smallest absolute Gasteiger partial charge is 0.224 e. The molecule has 4 heteroatoms. The zero-order valence-corrected chi connectivity index (χ0v) is 11.6. The molecule has 0 saturated carbocycles. The number of amides is 1. The topological polar surface area (TPSA) is 50.4 Å². The van der Waals surface area contributed by atoms with E-state index >= 15 is 0 Å².